The topological polar surface area (TPSA) is 108 Å². The zero-order chi connectivity index (χ0) is 20.0. The Labute approximate surface area is 152 Å². The van der Waals surface area contributed by atoms with Gasteiger partial charge in [0.25, 0.3) is 0 Å². The van der Waals surface area contributed by atoms with Gasteiger partial charge in [-0.05, 0) is 13.8 Å². The van der Waals surface area contributed by atoms with Crippen molar-refractivity contribution in [2.24, 2.45) is 0 Å². The Morgan fingerprint density at radius 1 is 0.846 bits per heavy atom. The van der Waals surface area contributed by atoms with Crippen LogP contribution in [-0.2, 0) is 38.1 Å². The highest BCUT2D eigenvalue weighted by Gasteiger charge is 2.50. The Bertz CT molecular complexity index is 547. The molecule has 1 heterocycles. The van der Waals surface area contributed by atoms with E-state index in [4.69, 9.17) is 18.9 Å². The summed E-state index contributed by atoms with van der Waals surface area (Å²) >= 11 is 0. The summed E-state index contributed by atoms with van der Waals surface area (Å²) in [7, 11) is 0. The van der Waals surface area contributed by atoms with Crippen molar-refractivity contribution in [2.45, 2.75) is 71.9 Å². The van der Waals surface area contributed by atoms with Gasteiger partial charge in [-0.1, -0.05) is 0 Å². The molecular weight excluding hydrogens is 346 g/mol. The summed E-state index contributed by atoms with van der Waals surface area (Å²) in [5.41, 5.74) is 0. The number of rotatable bonds is 6. The zero-order valence-electron chi connectivity index (χ0n) is 16.0. The van der Waals surface area contributed by atoms with E-state index in [9.17, 15) is 19.2 Å². The molecule has 0 N–H and O–H groups in total. The number of carbonyl (C=O) groups is 4. The maximum Gasteiger partial charge on any atom is 0.303 e. The van der Waals surface area contributed by atoms with Crippen molar-refractivity contribution >= 4 is 23.9 Å². The van der Waals surface area contributed by atoms with E-state index in [0.717, 1.165) is 0 Å². The van der Waals surface area contributed by atoms with E-state index < -0.39 is 48.2 Å². The van der Waals surface area contributed by atoms with Gasteiger partial charge in [0, 0.05) is 40.3 Å². The SMILES string of the molecule is CC(=O)OC[C@H]1[C@@H](OC(C)=O)[C@H](OC(C)=O)[C@@H](OC(C)=O)CN1C(C)C. The molecule has 0 aromatic carbocycles. The van der Waals surface area contributed by atoms with Crippen LogP contribution in [0.4, 0.5) is 0 Å². The maximum absolute atomic E-state index is 11.6. The molecule has 1 saturated heterocycles. The molecule has 0 saturated carbocycles. The average molecular weight is 373 g/mol. The highest BCUT2D eigenvalue weighted by atomic mass is 16.6. The zero-order valence-corrected chi connectivity index (χ0v) is 16.0. The lowest BCUT2D eigenvalue weighted by atomic mass is 9.92. The van der Waals surface area contributed by atoms with Crippen LogP contribution in [0.25, 0.3) is 0 Å². The number of esters is 4. The molecule has 1 rings (SSSR count). The Morgan fingerprint density at radius 3 is 1.77 bits per heavy atom. The Kier molecular flexibility index (Phi) is 8.01. The monoisotopic (exact) mass is 373 g/mol. The van der Waals surface area contributed by atoms with Crippen molar-refractivity contribution < 1.29 is 38.1 Å². The van der Waals surface area contributed by atoms with Crippen molar-refractivity contribution in [3.63, 3.8) is 0 Å². The second kappa shape index (κ2) is 9.51. The summed E-state index contributed by atoms with van der Waals surface area (Å²) in [6, 6.07) is -0.594. The van der Waals surface area contributed by atoms with Crippen molar-refractivity contribution in [1.82, 2.24) is 4.90 Å². The molecule has 0 bridgehead atoms. The number of piperidine rings is 1. The van der Waals surface area contributed by atoms with Crippen LogP contribution in [0.5, 0.6) is 0 Å². The summed E-state index contributed by atoms with van der Waals surface area (Å²) in [5.74, 6) is -2.22. The number of hydrogen-bond acceptors (Lipinski definition) is 9. The van der Waals surface area contributed by atoms with Crippen LogP contribution in [0.1, 0.15) is 41.5 Å². The molecule has 1 fully saturated rings. The fourth-order valence-corrected chi connectivity index (χ4v) is 3.04. The lowest BCUT2D eigenvalue weighted by Gasteiger charge is -2.48. The second-order valence-electron chi connectivity index (χ2n) is 6.46. The smallest absolute Gasteiger partial charge is 0.303 e. The first-order valence-corrected chi connectivity index (χ1v) is 8.43. The number of carbonyl (C=O) groups excluding carboxylic acids is 4. The van der Waals surface area contributed by atoms with Gasteiger partial charge in [-0.2, -0.15) is 0 Å². The average Bonchev–Trinajstić information content (AvgIpc) is 2.47. The molecule has 0 aromatic heterocycles. The molecule has 0 aromatic rings. The fourth-order valence-electron chi connectivity index (χ4n) is 3.04. The number of hydrogen-bond donors (Lipinski definition) is 0. The lowest BCUT2D eigenvalue weighted by Crippen LogP contribution is -2.66. The predicted octanol–water partition coefficient (Wildman–Crippen LogP) is 0.437. The fraction of sp³-hybridized carbons (Fsp3) is 0.765. The maximum atomic E-state index is 11.6. The predicted molar refractivity (Wildman–Crippen MR) is 88.9 cm³/mol. The van der Waals surface area contributed by atoms with Gasteiger partial charge in [0.05, 0.1) is 6.04 Å². The van der Waals surface area contributed by atoms with Crippen molar-refractivity contribution in [1.29, 1.82) is 0 Å². The summed E-state index contributed by atoms with van der Waals surface area (Å²) in [6.45, 7) is 8.94. The van der Waals surface area contributed by atoms with Crippen LogP contribution in [0, 0.1) is 0 Å². The first-order valence-electron chi connectivity index (χ1n) is 8.43. The van der Waals surface area contributed by atoms with E-state index in [-0.39, 0.29) is 19.2 Å². The van der Waals surface area contributed by atoms with Crippen LogP contribution in [0.15, 0.2) is 0 Å². The molecule has 9 nitrogen and oxygen atoms in total. The molecule has 1 aliphatic rings. The standard InChI is InChI=1S/C17H27NO8/c1-9(2)18-7-15(24-11(4)20)17(26-13(6)22)16(25-12(5)21)14(18)8-23-10(3)19/h9,14-17H,7-8H2,1-6H3/t14-,15-,16+,17+/m0/s1. The van der Waals surface area contributed by atoms with E-state index in [0.29, 0.717) is 0 Å². The van der Waals surface area contributed by atoms with E-state index >= 15 is 0 Å². The van der Waals surface area contributed by atoms with Gasteiger partial charge in [0.2, 0.25) is 0 Å². The van der Waals surface area contributed by atoms with Gasteiger partial charge in [-0.15, -0.1) is 0 Å². The molecule has 0 radical (unpaired) electrons. The van der Waals surface area contributed by atoms with Crippen LogP contribution < -0.4 is 0 Å². The molecule has 1 aliphatic heterocycles. The van der Waals surface area contributed by atoms with Crippen molar-refractivity contribution in [2.75, 3.05) is 13.2 Å². The van der Waals surface area contributed by atoms with Gasteiger partial charge in [-0.25, -0.2) is 0 Å². The lowest BCUT2D eigenvalue weighted by molar-refractivity contribution is -0.210. The molecule has 26 heavy (non-hydrogen) atoms. The largest absolute Gasteiger partial charge is 0.464 e. The quantitative estimate of drug-likeness (QED) is 0.484. The third kappa shape index (κ3) is 6.29. The first-order chi connectivity index (χ1) is 12.0. The highest BCUT2D eigenvalue weighted by molar-refractivity contribution is 5.68. The second-order valence-corrected chi connectivity index (χ2v) is 6.46. The van der Waals surface area contributed by atoms with Gasteiger partial charge >= 0.3 is 23.9 Å². The van der Waals surface area contributed by atoms with E-state index in [1.165, 1.54) is 27.7 Å². The molecule has 0 amide bonds. The van der Waals surface area contributed by atoms with Gasteiger partial charge < -0.3 is 18.9 Å². The van der Waals surface area contributed by atoms with Crippen LogP contribution >= 0.6 is 0 Å². The van der Waals surface area contributed by atoms with Crippen LogP contribution in [-0.4, -0.2) is 72.3 Å². The molecule has 0 spiro atoms. The van der Waals surface area contributed by atoms with Crippen LogP contribution in [0.2, 0.25) is 0 Å². The molecule has 9 heteroatoms. The normalized spacial score (nSPS) is 26.1. The van der Waals surface area contributed by atoms with Gasteiger partial charge in [-0.3, -0.25) is 24.1 Å². The van der Waals surface area contributed by atoms with E-state index in [1.54, 1.807) is 0 Å². The third-order valence-electron chi connectivity index (χ3n) is 3.93. The summed E-state index contributed by atoms with van der Waals surface area (Å²) in [6.07, 6.45) is -2.79. The Hall–Kier alpha value is -2.16. The summed E-state index contributed by atoms with van der Waals surface area (Å²) in [4.78, 5) is 47.8. The molecule has 4 atom stereocenters. The van der Waals surface area contributed by atoms with Crippen molar-refractivity contribution in [3.05, 3.63) is 0 Å². The summed E-state index contributed by atoms with van der Waals surface area (Å²) < 4.78 is 21.2. The molecule has 148 valence electrons. The summed E-state index contributed by atoms with van der Waals surface area (Å²) in [5, 5.41) is 0. The van der Waals surface area contributed by atoms with Crippen molar-refractivity contribution in [3.8, 4) is 0 Å². The van der Waals surface area contributed by atoms with Gasteiger partial charge in [0.15, 0.2) is 18.3 Å². The molecular formula is C17H27NO8. The number of nitrogens with zero attached hydrogens (tertiary/aromatic N) is 1. The van der Waals surface area contributed by atoms with Gasteiger partial charge in [0.1, 0.15) is 6.61 Å². The third-order valence-corrected chi connectivity index (χ3v) is 3.93. The number of likely N-dealkylation sites (tertiary alicyclic amines) is 1. The van der Waals surface area contributed by atoms with Crippen LogP contribution in [0.3, 0.4) is 0 Å². The van der Waals surface area contributed by atoms with E-state index in [2.05, 4.69) is 0 Å². The Balaban J connectivity index is 3.27. The number of ether oxygens (including phenoxy) is 4. The molecule has 0 aliphatic carbocycles. The molecule has 0 unspecified atom stereocenters. The first kappa shape index (κ1) is 21.9. The Morgan fingerprint density at radius 2 is 1.35 bits per heavy atom. The minimum atomic E-state index is -1.00. The minimum absolute atomic E-state index is 0.0371. The minimum Gasteiger partial charge on any atom is -0.464 e. The highest BCUT2D eigenvalue weighted by Crippen LogP contribution is 2.28. The van der Waals surface area contributed by atoms with E-state index in [1.807, 2.05) is 18.7 Å².